The van der Waals surface area contributed by atoms with E-state index in [1.54, 1.807) is 5.38 Å². The van der Waals surface area contributed by atoms with Gasteiger partial charge in [-0.15, -0.1) is 11.3 Å². The van der Waals surface area contributed by atoms with Crippen LogP contribution in [-0.4, -0.2) is 28.9 Å². The molecular weight excluding hydrogens is 234 g/mol. The Kier molecular flexibility index (Phi) is 3.99. The van der Waals surface area contributed by atoms with E-state index in [9.17, 15) is 4.79 Å². The summed E-state index contributed by atoms with van der Waals surface area (Å²) in [7, 11) is 1.88. The lowest BCUT2D eigenvalue weighted by atomic mass is 10.1. The van der Waals surface area contributed by atoms with Gasteiger partial charge in [-0.05, 0) is 12.8 Å². The number of rotatable bonds is 2. The number of anilines is 1. The molecule has 0 atom stereocenters. The van der Waals surface area contributed by atoms with E-state index in [-0.39, 0.29) is 5.91 Å². The van der Waals surface area contributed by atoms with Crippen molar-refractivity contribution in [3.63, 3.8) is 0 Å². The summed E-state index contributed by atoms with van der Waals surface area (Å²) >= 11 is 1.32. The molecule has 1 saturated carbocycles. The number of aromatic nitrogens is 1. The Morgan fingerprint density at radius 1 is 1.41 bits per heavy atom. The SMILES string of the molecule is CN(C(=O)c1csc(N)n1)C1CCCCCC1. The van der Waals surface area contributed by atoms with Gasteiger partial charge in [0.2, 0.25) is 0 Å². The molecule has 17 heavy (non-hydrogen) atoms. The molecule has 2 rings (SSSR count). The summed E-state index contributed by atoms with van der Waals surface area (Å²) in [5.41, 5.74) is 6.04. The molecule has 1 heterocycles. The molecule has 1 amide bonds. The van der Waals surface area contributed by atoms with E-state index in [1.807, 2.05) is 11.9 Å². The molecule has 0 aromatic carbocycles. The van der Waals surface area contributed by atoms with Gasteiger partial charge in [-0.3, -0.25) is 4.79 Å². The first kappa shape index (κ1) is 12.4. The summed E-state index contributed by atoms with van der Waals surface area (Å²) in [6, 6.07) is 0.368. The first-order chi connectivity index (χ1) is 8.18. The highest BCUT2D eigenvalue weighted by molar-refractivity contribution is 7.13. The number of hydrogen-bond donors (Lipinski definition) is 1. The summed E-state index contributed by atoms with van der Waals surface area (Å²) in [5, 5.41) is 2.20. The Morgan fingerprint density at radius 2 is 2.06 bits per heavy atom. The molecule has 0 spiro atoms. The monoisotopic (exact) mass is 253 g/mol. The van der Waals surface area contributed by atoms with Crippen LogP contribution in [0.2, 0.25) is 0 Å². The Morgan fingerprint density at radius 3 is 2.59 bits per heavy atom. The number of hydrogen-bond acceptors (Lipinski definition) is 4. The highest BCUT2D eigenvalue weighted by Crippen LogP contribution is 2.22. The Balaban J connectivity index is 2.03. The van der Waals surface area contributed by atoms with Crippen LogP contribution in [0.5, 0.6) is 0 Å². The van der Waals surface area contributed by atoms with Gasteiger partial charge in [-0.1, -0.05) is 25.7 Å². The normalized spacial score (nSPS) is 17.7. The molecule has 0 radical (unpaired) electrons. The molecule has 2 N–H and O–H groups in total. The predicted octanol–water partition coefficient (Wildman–Crippen LogP) is 2.52. The van der Waals surface area contributed by atoms with Crippen molar-refractivity contribution >= 4 is 22.4 Å². The number of thiazole rings is 1. The maximum Gasteiger partial charge on any atom is 0.273 e. The van der Waals surface area contributed by atoms with Gasteiger partial charge < -0.3 is 10.6 Å². The summed E-state index contributed by atoms with van der Waals surface area (Å²) < 4.78 is 0. The van der Waals surface area contributed by atoms with Crippen LogP contribution >= 0.6 is 11.3 Å². The Bertz CT molecular complexity index is 383. The quantitative estimate of drug-likeness (QED) is 0.824. The van der Waals surface area contributed by atoms with Crippen LogP contribution in [0.15, 0.2) is 5.38 Å². The smallest absolute Gasteiger partial charge is 0.273 e. The van der Waals surface area contributed by atoms with E-state index >= 15 is 0 Å². The number of carbonyl (C=O) groups excluding carboxylic acids is 1. The predicted molar refractivity (Wildman–Crippen MR) is 70.1 cm³/mol. The van der Waals surface area contributed by atoms with Gasteiger partial charge in [-0.2, -0.15) is 0 Å². The van der Waals surface area contributed by atoms with E-state index < -0.39 is 0 Å². The third kappa shape index (κ3) is 2.97. The van der Waals surface area contributed by atoms with Crippen LogP contribution in [0, 0.1) is 0 Å². The van der Waals surface area contributed by atoms with Crippen molar-refractivity contribution in [2.45, 2.75) is 44.6 Å². The van der Waals surface area contributed by atoms with Crippen molar-refractivity contribution in [2.75, 3.05) is 12.8 Å². The van der Waals surface area contributed by atoms with Crippen molar-refractivity contribution in [1.29, 1.82) is 0 Å². The highest BCUT2D eigenvalue weighted by Gasteiger charge is 2.23. The standard InChI is InChI=1S/C12H19N3OS/c1-15(9-6-4-2-3-5-7-9)11(16)10-8-17-12(13)14-10/h8-9H,2-7H2,1H3,(H2,13,14). The van der Waals surface area contributed by atoms with Gasteiger partial charge >= 0.3 is 0 Å². The fraction of sp³-hybridized carbons (Fsp3) is 0.667. The van der Waals surface area contributed by atoms with E-state index in [2.05, 4.69) is 4.98 Å². The minimum absolute atomic E-state index is 0.00449. The molecule has 1 aliphatic rings. The Labute approximate surface area is 106 Å². The topological polar surface area (TPSA) is 59.2 Å². The van der Waals surface area contributed by atoms with Gasteiger partial charge in [0.25, 0.3) is 5.91 Å². The third-order valence-electron chi connectivity index (χ3n) is 3.43. The van der Waals surface area contributed by atoms with Crippen LogP contribution < -0.4 is 5.73 Å². The molecule has 5 heteroatoms. The maximum atomic E-state index is 12.2. The zero-order valence-corrected chi connectivity index (χ0v) is 11.0. The van der Waals surface area contributed by atoms with Crippen LogP contribution in [0.4, 0.5) is 5.13 Å². The van der Waals surface area contributed by atoms with Crippen LogP contribution in [-0.2, 0) is 0 Å². The Hall–Kier alpha value is -1.10. The average molecular weight is 253 g/mol. The second kappa shape index (κ2) is 5.49. The van der Waals surface area contributed by atoms with E-state index in [0.29, 0.717) is 16.9 Å². The van der Waals surface area contributed by atoms with Crippen LogP contribution in [0.25, 0.3) is 0 Å². The highest BCUT2D eigenvalue weighted by atomic mass is 32.1. The minimum atomic E-state index is 0.00449. The molecule has 0 unspecified atom stereocenters. The zero-order valence-electron chi connectivity index (χ0n) is 10.2. The van der Waals surface area contributed by atoms with Crippen molar-refractivity contribution < 1.29 is 4.79 Å². The molecule has 1 aromatic rings. The second-order valence-electron chi connectivity index (χ2n) is 4.63. The second-order valence-corrected chi connectivity index (χ2v) is 5.52. The third-order valence-corrected chi connectivity index (χ3v) is 4.11. The molecule has 0 bridgehead atoms. The summed E-state index contributed by atoms with van der Waals surface area (Å²) in [6.45, 7) is 0. The fourth-order valence-corrected chi connectivity index (χ4v) is 2.91. The molecule has 0 aliphatic heterocycles. The largest absolute Gasteiger partial charge is 0.375 e. The summed E-state index contributed by atoms with van der Waals surface area (Å²) in [4.78, 5) is 18.1. The number of amides is 1. The molecule has 0 saturated heterocycles. The van der Waals surface area contributed by atoms with Gasteiger partial charge in [-0.25, -0.2) is 4.98 Å². The van der Waals surface area contributed by atoms with Gasteiger partial charge in [0.15, 0.2) is 5.13 Å². The van der Waals surface area contributed by atoms with Crippen LogP contribution in [0.3, 0.4) is 0 Å². The van der Waals surface area contributed by atoms with Gasteiger partial charge in [0.1, 0.15) is 5.69 Å². The van der Waals surface area contributed by atoms with E-state index in [1.165, 1.54) is 37.0 Å². The van der Waals surface area contributed by atoms with Crippen molar-refractivity contribution in [3.8, 4) is 0 Å². The lowest BCUT2D eigenvalue weighted by Gasteiger charge is -2.26. The lowest BCUT2D eigenvalue weighted by molar-refractivity contribution is 0.0712. The molecule has 1 fully saturated rings. The van der Waals surface area contributed by atoms with Crippen molar-refractivity contribution in [3.05, 3.63) is 11.1 Å². The molecule has 1 aromatic heterocycles. The van der Waals surface area contributed by atoms with Gasteiger partial charge in [0.05, 0.1) is 0 Å². The van der Waals surface area contributed by atoms with Crippen molar-refractivity contribution in [2.24, 2.45) is 0 Å². The minimum Gasteiger partial charge on any atom is -0.375 e. The number of nitrogen functional groups attached to an aromatic ring is 1. The number of nitrogens with two attached hydrogens (primary N) is 1. The van der Waals surface area contributed by atoms with Gasteiger partial charge in [0, 0.05) is 18.5 Å². The molecule has 1 aliphatic carbocycles. The van der Waals surface area contributed by atoms with Crippen molar-refractivity contribution in [1.82, 2.24) is 9.88 Å². The first-order valence-electron chi connectivity index (χ1n) is 6.16. The summed E-state index contributed by atoms with van der Waals surface area (Å²) in [6.07, 6.45) is 7.26. The number of nitrogens with zero attached hydrogens (tertiary/aromatic N) is 2. The summed E-state index contributed by atoms with van der Waals surface area (Å²) in [5.74, 6) is 0.00449. The average Bonchev–Trinajstić information content (AvgIpc) is 2.60. The van der Waals surface area contributed by atoms with Crippen LogP contribution in [0.1, 0.15) is 49.0 Å². The number of carbonyl (C=O) groups is 1. The fourth-order valence-electron chi connectivity index (χ4n) is 2.38. The first-order valence-corrected chi connectivity index (χ1v) is 7.04. The zero-order chi connectivity index (χ0) is 12.3. The van der Waals surface area contributed by atoms with E-state index in [0.717, 1.165) is 12.8 Å². The van der Waals surface area contributed by atoms with E-state index in [4.69, 9.17) is 5.73 Å². The molecular formula is C12H19N3OS. The maximum absolute atomic E-state index is 12.2. The lowest BCUT2D eigenvalue weighted by Crippen LogP contribution is -2.36. The molecule has 94 valence electrons. The molecule has 4 nitrogen and oxygen atoms in total.